The summed E-state index contributed by atoms with van der Waals surface area (Å²) in [4.78, 5) is 24.7. The predicted octanol–water partition coefficient (Wildman–Crippen LogP) is 24.0. The Morgan fingerprint density at radius 2 is 0.500 bits per heavy atom. The van der Waals surface area contributed by atoms with Crippen LogP contribution in [0.1, 0.15) is 335 Å². The van der Waals surface area contributed by atoms with E-state index in [1.54, 1.807) is 0 Å². The molecule has 0 fully saturated rings. The summed E-state index contributed by atoms with van der Waals surface area (Å²) < 4.78 is 10.8. The van der Waals surface area contributed by atoms with Gasteiger partial charge < -0.3 is 14.6 Å². The van der Waals surface area contributed by atoms with Crippen LogP contribution < -0.4 is 0 Å². The molecule has 1 N–H and O–H groups in total. The van der Waals surface area contributed by atoms with Crippen LogP contribution in [0.3, 0.4) is 0 Å². The van der Waals surface area contributed by atoms with E-state index in [4.69, 9.17) is 9.47 Å². The smallest absolute Gasteiger partial charge is 0.306 e. The Balaban J connectivity index is 3.43. The first kappa shape index (κ1) is 76.6. The number of aliphatic hydroxyl groups excluding tert-OH is 1. The van der Waals surface area contributed by atoms with E-state index in [2.05, 4.69) is 123 Å². The van der Waals surface area contributed by atoms with Crippen LogP contribution in [0.4, 0.5) is 0 Å². The third kappa shape index (κ3) is 67.1. The van der Waals surface area contributed by atoms with E-state index in [9.17, 15) is 14.7 Å². The standard InChI is InChI=1S/C75H130O5/c1-3-5-7-9-11-13-15-17-19-21-23-25-27-29-31-33-35-36-37-38-40-41-43-45-47-49-51-53-55-57-59-61-63-65-67-69-74(77)79-72-73(71-76)80-75(78)70-68-66-64-62-60-58-56-54-52-50-48-46-44-42-39-34-32-30-28-26-24-22-20-18-16-14-12-10-8-6-4-2/h5-8,11-14,17-20,23-26,30,32,73,76H,3-4,9-10,15-16,21-22,27-29,31,33-72H2,1-2H3/b7-5-,8-6-,13-11-,14-12-,19-17-,20-18-,25-23-,26-24-,32-30-. The van der Waals surface area contributed by atoms with E-state index < -0.39 is 6.10 Å². The first-order valence-electron chi connectivity index (χ1n) is 34.4. The highest BCUT2D eigenvalue weighted by molar-refractivity contribution is 5.70. The number of unbranched alkanes of at least 4 members (excludes halogenated alkanes) is 37. The molecule has 0 amide bonds. The van der Waals surface area contributed by atoms with Crippen LogP contribution in [0.2, 0.25) is 0 Å². The fraction of sp³-hybridized carbons (Fsp3) is 0.733. The van der Waals surface area contributed by atoms with Crippen molar-refractivity contribution in [2.24, 2.45) is 0 Å². The van der Waals surface area contributed by atoms with Crippen LogP contribution in [0.15, 0.2) is 109 Å². The molecule has 1 atom stereocenters. The van der Waals surface area contributed by atoms with Crippen molar-refractivity contribution in [3.63, 3.8) is 0 Å². The largest absolute Gasteiger partial charge is 0.462 e. The van der Waals surface area contributed by atoms with E-state index >= 15 is 0 Å². The Hall–Kier alpha value is -3.44. The number of allylic oxidation sites excluding steroid dienone is 18. The molecule has 0 aromatic rings. The number of hydrogen-bond donors (Lipinski definition) is 1. The van der Waals surface area contributed by atoms with E-state index in [-0.39, 0.29) is 25.2 Å². The van der Waals surface area contributed by atoms with Gasteiger partial charge in [0.25, 0.3) is 0 Å². The van der Waals surface area contributed by atoms with E-state index in [1.165, 1.54) is 212 Å². The fourth-order valence-electron chi connectivity index (χ4n) is 9.99. The van der Waals surface area contributed by atoms with Crippen LogP contribution >= 0.6 is 0 Å². The fourth-order valence-corrected chi connectivity index (χ4v) is 9.99. The van der Waals surface area contributed by atoms with Crippen molar-refractivity contribution >= 4 is 11.9 Å². The van der Waals surface area contributed by atoms with E-state index in [0.717, 1.165) is 96.3 Å². The summed E-state index contributed by atoms with van der Waals surface area (Å²) in [5.41, 5.74) is 0. The first-order chi connectivity index (χ1) is 39.6. The number of carbonyl (C=O) groups excluding carboxylic acids is 2. The maximum absolute atomic E-state index is 12.4. The third-order valence-corrected chi connectivity index (χ3v) is 15.1. The summed E-state index contributed by atoms with van der Waals surface area (Å²) in [5.74, 6) is -0.578. The summed E-state index contributed by atoms with van der Waals surface area (Å²) in [6.07, 6.45) is 101. The van der Waals surface area contributed by atoms with Gasteiger partial charge in [0.1, 0.15) is 6.61 Å². The normalized spacial score (nSPS) is 12.9. The highest BCUT2D eigenvalue weighted by Crippen LogP contribution is 2.18. The summed E-state index contributed by atoms with van der Waals surface area (Å²) in [6, 6.07) is 0. The van der Waals surface area contributed by atoms with Crippen molar-refractivity contribution in [2.45, 2.75) is 341 Å². The molecule has 460 valence electrons. The molecule has 0 aromatic carbocycles. The molecular weight excluding hydrogens is 981 g/mol. The molecule has 80 heavy (non-hydrogen) atoms. The van der Waals surface area contributed by atoms with Crippen LogP contribution in [0.5, 0.6) is 0 Å². The summed E-state index contributed by atoms with van der Waals surface area (Å²) >= 11 is 0. The number of aliphatic hydroxyl groups is 1. The van der Waals surface area contributed by atoms with Gasteiger partial charge in [-0.3, -0.25) is 9.59 Å². The minimum absolute atomic E-state index is 0.0656. The lowest BCUT2D eigenvalue weighted by Crippen LogP contribution is -2.28. The monoisotopic (exact) mass is 1110 g/mol. The first-order valence-corrected chi connectivity index (χ1v) is 34.4. The molecule has 0 saturated carbocycles. The van der Waals surface area contributed by atoms with Gasteiger partial charge in [-0.15, -0.1) is 0 Å². The second kappa shape index (κ2) is 69.8. The number of hydrogen-bond acceptors (Lipinski definition) is 5. The van der Waals surface area contributed by atoms with Gasteiger partial charge in [0, 0.05) is 12.8 Å². The Labute approximate surface area is 497 Å². The molecule has 0 aromatic heterocycles. The second-order valence-corrected chi connectivity index (χ2v) is 22.8. The maximum Gasteiger partial charge on any atom is 0.306 e. The van der Waals surface area contributed by atoms with Gasteiger partial charge in [0.15, 0.2) is 6.10 Å². The van der Waals surface area contributed by atoms with Gasteiger partial charge in [0.05, 0.1) is 6.61 Å². The zero-order valence-corrected chi connectivity index (χ0v) is 52.8. The molecule has 5 heteroatoms. The van der Waals surface area contributed by atoms with Gasteiger partial charge in [-0.2, -0.15) is 0 Å². The molecule has 0 aliphatic heterocycles. The summed E-state index contributed by atoms with van der Waals surface area (Å²) in [6.45, 7) is 3.95. The molecule has 0 aliphatic rings. The van der Waals surface area contributed by atoms with Crippen molar-refractivity contribution in [3.05, 3.63) is 109 Å². The van der Waals surface area contributed by atoms with Gasteiger partial charge in [-0.05, 0) is 96.3 Å². The molecule has 0 bridgehead atoms. The van der Waals surface area contributed by atoms with E-state index in [1.807, 2.05) is 0 Å². The predicted molar refractivity (Wildman–Crippen MR) is 352 cm³/mol. The van der Waals surface area contributed by atoms with Crippen molar-refractivity contribution < 1.29 is 24.2 Å². The molecule has 0 radical (unpaired) electrons. The quantitative estimate of drug-likeness (QED) is 0.0373. The van der Waals surface area contributed by atoms with Crippen molar-refractivity contribution in [2.75, 3.05) is 13.2 Å². The lowest BCUT2D eigenvalue weighted by atomic mass is 10.0. The Bertz CT molecular complexity index is 1540. The van der Waals surface area contributed by atoms with Crippen LogP contribution in [-0.2, 0) is 19.1 Å². The van der Waals surface area contributed by atoms with Crippen molar-refractivity contribution in [3.8, 4) is 0 Å². The number of rotatable bonds is 63. The van der Waals surface area contributed by atoms with Crippen molar-refractivity contribution in [1.82, 2.24) is 0 Å². The van der Waals surface area contributed by atoms with Gasteiger partial charge in [-0.25, -0.2) is 0 Å². The topological polar surface area (TPSA) is 72.8 Å². The number of ether oxygens (including phenoxy) is 2. The van der Waals surface area contributed by atoms with Gasteiger partial charge in [0.2, 0.25) is 0 Å². The number of carbonyl (C=O) groups is 2. The number of esters is 2. The molecule has 0 spiro atoms. The lowest BCUT2D eigenvalue weighted by Gasteiger charge is -2.15. The highest BCUT2D eigenvalue weighted by Gasteiger charge is 2.16. The molecule has 0 aliphatic carbocycles. The van der Waals surface area contributed by atoms with Gasteiger partial charge >= 0.3 is 11.9 Å². The molecule has 1 unspecified atom stereocenters. The van der Waals surface area contributed by atoms with Crippen molar-refractivity contribution in [1.29, 1.82) is 0 Å². The van der Waals surface area contributed by atoms with Crippen LogP contribution in [0.25, 0.3) is 0 Å². The van der Waals surface area contributed by atoms with E-state index in [0.29, 0.717) is 12.8 Å². The Morgan fingerprint density at radius 1 is 0.287 bits per heavy atom. The molecule has 0 rings (SSSR count). The zero-order valence-electron chi connectivity index (χ0n) is 52.8. The third-order valence-electron chi connectivity index (χ3n) is 15.1. The van der Waals surface area contributed by atoms with Crippen LogP contribution in [0, 0.1) is 0 Å². The Morgan fingerprint density at radius 3 is 0.750 bits per heavy atom. The SMILES string of the molecule is CC/C=C\C/C=C\C/C=C\C/C=C\C/C=C\CCCCCCCCCCCCCCCCCC(=O)OC(CO)COC(=O)CCCCCCCCCCCCCCCCCCCCCCCC/C=C\C/C=C\C/C=C\C/C=C\CC. The summed E-state index contributed by atoms with van der Waals surface area (Å²) in [5, 5.41) is 9.70. The van der Waals surface area contributed by atoms with Gasteiger partial charge in [-0.1, -0.05) is 335 Å². The highest BCUT2D eigenvalue weighted by atomic mass is 16.6. The average molecular weight is 1110 g/mol. The average Bonchev–Trinajstić information content (AvgIpc) is 3.46. The second-order valence-electron chi connectivity index (χ2n) is 22.8. The molecular formula is C75H130O5. The van der Waals surface area contributed by atoms with Crippen LogP contribution in [-0.4, -0.2) is 36.4 Å². The zero-order chi connectivity index (χ0) is 57.6. The molecule has 0 saturated heterocycles. The Kier molecular flexibility index (Phi) is 66.8. The lowest BCUT2D eigenvalue weighted by molar-refractivity contribution is -0.161. The summed E-state index contributed by atoms with van der Waals surface area (Å²) in [7, 11) is 0. The molecule has 5 nitrogen and oxygen atoms in total. The molecule has 0 heterocycles. The minimum atomic E-state index is -0.777. The maximum atomic E-state index is 12.4. The minimum Gasteiger partial charge on any atom is -0.462 e.